The molecular formula is C10H10INO5. The van der Waals surface area contributed by atoms with E-state index in [1.54, 1.807) is 6.07 Å². The van der Waals surface area contributed by atoms with E-state index in [9.17, 15) is 14.9 Å². The molecule has 1 rings (SSSR count). The van der Waals surface area contributed by atoms with E-state index in [1.807, 2.05) is 22.6 Å². The molecule has 7 heteroatoms. The summed E-state index contributed by atoms with van der Waals surface area (Å²) < 4.78 is 10.1. The molecule has 0 aliphatic rings. The van der Waals surface area contributed by atoms with Crippen LogP contribution in [-0.2, 0) is 16.0 Å². The molecule has 1 aromatic carbocycles. The third kappa shape index (κ3) is 4.17. The predicted molar refractivity (Wildman–Crippen MR) is 68.3 cm³/mol. The van der Waals surface area contributed by atoms with Crippen LogP contribution in [0.1, 0.15) is 5.56 Å². The first-order valence-electron chi connectivity index (χ1n) is 4.60. The number of methoxy groups -OCH3 is 1. The first kappa shape index (κ1) is 13.7. The molecular weight excluding hydrogens is 341 g/mol. The van der Waals surface area contributed by atoms with Crippen LogP contribution >= 0.6 is 22.6 Å². The second kappa shape index (κ2) is 6.38. The highest BCUT2D eigenvalue weighted by atomic mass is 127. The molecule has 0 N–H and O–H groups in total. The number of carbonyl (C=O) groups excluding carboxylic acids is 1. The molecule has 0 saturated heterocycles. The summed E-state index contributed by atoms with van der Waals surface area (Å²) in [7, 11) is 1.27. The quantitative estimate of drug-likeness (QED) is 0.267. The fourth-order valence-electron chi connectivity index (χ4n) is 1.24. The van der Waals surface area contributed by atoms with Crippen molar-refractivity contribution in [2.75, 3.05) is 11.7 Å². The third-order valence-corrected chi connectivity index (χ3v) is 2.27. The molecule has 0 aromatic heterocycles. The lowest BCUT2D eigenvalue weighted by atomic mass is 10.1. The lowest BCUT2D eigenvalue weighted by Crippen LogP contribution is -2.05. The third-order valence-electron chi connectivity index (χ3n) is 1.96. The lowest BCUT2D eigenvalue weighted by Gasteiger charge is -2.05. The van der Waals surface area contributed by atoms with Gasteiger partial charge < -0.3 is 9.47 Å². The van der Waals surface area contributed by atoms with Crippen LogP contribution in [0.4, 0.5) is 5.69 Å². The lowest BCUT2D eigenvalue weighted by molar-refractivity contribution is -0.385. The molecule has 0 saturated carbocycles. The highest BCUT2D eigenvalue weighted by Crippen LogP contribution is 2.23. The Morgan fingerprint density at radius 1 is 1.47 bits per heavy atom. The number of nitro groups is 1. The Morgan fingerprint density at radius 3 is 2.71 bits per heavy atom. The van der Waals surface area contributed by atoms with Gasteiger partial charge in [-0.1, -0.05) is 0 Å². The number of rotatable bonds is 5. The Labute approximate surface area is 111 Å². The second-order valence-electron chi connectivity index (χ2n) is 3.10. The van der Waals surface area contributed by atoms with E-state index >= 15 is 0 Å². The van der Waals surface area contributed by atoms with Crippen LogP contribution in [0.25, 0.3) is 0 Å². The van der Waals surface area contributed by atoms with Gasteiger partial charge in [0.05, 0.1) is 24.5 Å². The summed E-state index contributed by atoms with van der Waals surface area (Å²) in [4.78, 5) is 21.3. The zero-order valence-electron chi connectivity index (χ0n) is 9.01. The summed E-state index contributed by atoms with van der Waals surface area (Å²) in [6.07, 6.45) is -0.0181. The number of benzene rings is 1. The summed E-state index contributed by atoms with van der Waals surface area (Å²) in [6, 6.07) is 4.24. The van der Waals surface area contributed by atoms with Crippen LogP contribution in [0.3, 0.4) is 0 Å². The van der Waals surface area contributed by atoms with Gasteiger partial charge in [0.1, 0.15) is 10.4 Å². The molecule has 0 aliphatic heterocycles. The Morgan fingerprint density at radius 2 is 2.18 bits per heavy atom. The van der Waals surface area contributed by atoms with Crippen LogP contribution in [0, 0.1) is 10.1 Å². The number of nitro benzene ring substituents is 1. The monoisotopic (exact) mass is 351 g/mol. The zero-order chi connectivity index (χ0) is 12.8. The number of carbonyl (C=O) groups is 1. The van der Waals surface area contributed by atoms with Gasteiger partial charge in [-0.2, -0.15) is 0 Å². The number of ether oxygens (including phenoxy) is 2. The summed E-state index contributed by atoms with van der Waals surface area (Å²) in [5.41, 5.74) is 0.386. The zero-order valence-corrected chi connectivity index (χ0v) is 11.2. The van der Waals surface area contributed by atoms with E-state index in [2.05, 4.69) is 4.74 Å². The normalized spacial score (nSPS) is 9.76. The van der Waals surface area contributed by atoms with E-state index in [-0.39, 0.29) is 12.1 Å². The highest BCUT2D eigenvalue weighted by Gasteiger charge is 2.13. The molecule has 0 bridgehead atoms. The molecule has 0 atom stereocenters. The van der Waals surface area contributed by atoms with Gasteiger partial charge >= 0.3 is 5.97 Å². The van der Waals surface area contributed by atoms with E-state index in [4.69, 9.17) is 4.74 Å². The van der Waals surface area contributed by atoms with Crippen LogP contribution < -0.4 is 4.74 Å². The Bertz CT molecular complexity index is 435. The van der Waals surface area contributed by atoms with E-state index in [1.165, 1.54) is 19.2 Å². The minimum Gasteiger partial charge on any atom is -0.483 e. The molecule has 92 valence electrons. The first-order valence-corrected chi connectivity index (χ1v) is 6.13. The molecule has 0 amide bonds. The maximum absolute atomic E-state index is 11.1. The molecule has 0 radical (unpaired) electrons. The highest BCUT2D eigenvalue weighted by molar-refractivity contribution is 14.1. The summed E-state index contributed by atoms with van der Waals surface area (Å²) in [5, 5.41) is 10.7. The Hall–Kier alpha value is -1.38. The summed E-state index contributed by atoms with van der Waals surface area (Å²) >= 11 is 1.98. The van der Waals surface area contributed by atoms with Crippen molar-refractivity contribution in [3.8, 4) is 5.75 Å². The van der Waals surface area contributed by atoms with Gasteiger partial charge in [0.25, 0.3) is 5.69 Å². The average molecular weight is 351 g/mol. The average Bonchev–Trinajstić information content (AvgIpc) is 2.29. The van der Waals surface area contributed by atoms with Gasteiger partial charge in [0.15, 0.2) is 0 Å². The fraction of sp³-hybridized carbons (Fsp3) is 0.300. The Balaban J connectivity index is 3.03. The van der Waals surface area contributed by atoms with Crippen molar-refractivity contribution < 1.29 is 19.2 Å². The number of hydrogen-bond acceptors (Lipinski definition) is 5. The molecule has 17 heavy (non-hydrogen) atoms. The van der Waals surface area contributed by atoms with Crippen molar-refractivity contribution in [2.45, 2.75) is 6.42 Å². The number of nitrogens with zero attached hydrogens (tertiary/aromatic N) is 1. The smallest absolute Gasteiger partial charge is 0.309 e. The summed E-state index contributed by atoms with van der Waals surface area (Å²) in [5.74, 6) is -0.0848. The Kier molecular flexibility index (Phi) is 5.13. The summed E-state index contributed by atoms with van der Waals surface area (Å²) in [6.45, 7) is 0. The molecule has 0 aliphatic carbocycles. The SMILES string of the molecule is COC(=O)Cc1cc(OCI)cc([N+](=O)[O-])c1. The number of hydrogen-bond donors (Lipinski definition) is 0. The van der Waals surface area contributed by atoms with Crippen molar-refractivity contribution in [3.63, 3.8) is 0 Å². The van der Waals surface area contributed by atoms with Crippen molar-refractivity contribution in [3.05, 3.63) is 33.9 Å². The van der Waals surface area contributed by atoms with E-state index < -0.39 is 10.9 Å². The van der Waals surface area contributed by atoms with Crippen LogP contribution in [0.2, 0.25) is 0 Å². The van der Waals surface area contributed by atoms with Gasteiger partial charge in [0.2, 0.25) is 0 Å². The van der Waals surface area contributed by atoms with Crippen LogP contribution in [-0.4, -0.2) is 22.6 Å². The molecule has 0 heterocycles. The molecule has 0 unspecified atom stereocenters. The maximum Gasteiger partial charge on any atom is 0.309 e. The van der Waals surface area contributed by atoms with Gasteiger partial charge in [-0.05, 0) is 34.2 Å². The number of alkyl halides is 1. The second-order valence-corrected chi connectivity index (χ2v) is 3.72. The van der Waals surface area contributed by atoms with E-state index in [0.717, 1.165) is 0 Å². The first-order chi connectivity index (χ1) is 8.06. The number of esters is 1. The minimum absolute atomic E-state index is 0.0181. The van der Waals surface area contributed by atoms with Crippen LogP contribution in [0.15, 0.2) is 18.2 Å². The maximum atomic E-state index is 11.1. The van der Waals surface area contributed by atoms with Gasteiger partial charge in [0, 0.05) is 6.07 Å². The molecule has 1 aromatic rings. The topological polar surface area (TPSA) is 78.7 Å². The minimum atomic E-state index is -0.527. The largest absolute Gasteiger partial charge is 0.483 e. The van der Waals surface area contributed by atoms with Crippen LogP contribution in [0.5, 0.6) is 5.75 Å². The van der Waals surface area contributed by atoms with Gasteiger partial charge in [-0.3, -0.25) is 14.9 Å². The predicted octanol–water partition coefficient (Wildman–Crippen LogP) is 2.08. The van der Waals surface area contributed by atoms with Crippen molar-refractivity contribution in [1.82, 2.24) is 0 Å². The molecule has 0 fully saturated rings. The van der Waals surface area contributed by atoms with Crippen molar-refractivity contribution in [1.29, 1.82) is 0 Å². The van der Waals surface area contributed by atoms with E-state index in [0.29, 0.717) is 15.9 Å². The standard InChI is InChI=1S/C10H10INO5/c1-16-10(13)4-7-2-8(12(14)15)5-9(3-7)17-6-11/h2-3,5H,4,6H2,1H3. The van der Waals surface area contributed by atoms with Gasteiger partial charge in [-0.25, -0.2) is 0 Å². The van der Waals surface area contributed by atoms with Gasteiger partial charge in [-0.15, -0.1) is 0 Å². The number of non-ortho nitro benzene ring substituents is 1. The van der Waals surface area contributed by atoms with Crippen molar-refractivity contribution in [2.24, 2.45) is 0 Å². The molecule has 0 spiro atoms. The molecule has 6 nitrogen and oxygen atoms in total. The fourth-order valence-corrected chi connectivity index (χ4v) is 1.60. The van der Waals surface area contributed by atoms with Crippen molar-refractivity contribution >= 4 is 34.2 Å². The number of halogens is 1.